The molecular weight excluding hydrogens is 529 g/mol. The van der Waals surface area contributed by atoms with Gasteiger partial charge in [-0.1, -0.05) is 176 Å². The molecule has 1 aromatic carbocycles. The van der Waals surface area contributed by atoms with Crippen molar-refractivity contribution in [1.29, 1.82) is 0 Å². The van der Waals surface area contributed by atoms with Crippen molar-refractivity contribution in [1.82, 2.24) is 0 Å². The van der Waals surface area contributed by atoms with Crippen LogP contribution in [0.1, 0.15) is 110 Å². The fraction of sp³-hybridized carbons (Fsp3) is 0.818. The Hall–Kier alpha value is -0.249. The van der Waals surface area contributed by atoms with Gasteiger partial charge in [-0.25, -0.2) is 0 Å². The van der Waals surface area contributed by atoms with Gasteiger partial charge in [0.05, 0.1) is 16.1 Å². The molecule has 0 heterocycles. The molecule has 0 fully saturated rings. The van der Waals surface area contributed by atoms with E-state index in [9.17, 15) is 0 Å². The fourth-order valence-electron chi connectivity index (χ4n) is 5.89. The topological polar surface area (TPSA) is 27.7 Å². The molecule has 0 atom stereocenters. The molecule has 0 radical (unpaired) electrons. The van der Waals surface area contributed by atoms with E-state index < -0.39 is 25.0 Å². The summed E-state index contributed by atoms with van der Waals surface area (Å²) in [5.74, 6) is 0. The quantitative estimate of drug-likeness (QED) is 0.0833. The molecule has 0 unspecified atom stereocenters. The van der Waals surface area contributed by atoms with Crippen LogP contribution in [0.15, 0.2) is 24.3 Å². The Kier molecular flexibility index (Phi) is 19.4. The van der Waals surface area contributed by atoms with Gasteiger partial charge in [0.25, 0.3) is 0 Å². The largest absolute Gasteiger partial charge is 0.500 e. The van der Waals surface area contributed by atoms with Gasteiger partial charge < -0.3 is 13.3 Å². The van der Waals surface area contributed by atoms with Crippen molar-refractivity contribution >= 4 is 35.3 Å². The van der Waals surface area contributed by atoms with Gasteiger partial charge in [0, 0.05) is 27.4 Å². The predicted octanol–water partition coefficient (Wildman–Crippen LogP) is 9.66. The van der Waals surface area contributed by atoms with E-state index in [1.54, 1.807) is 31.7 Å². The Morgan fingerprint density at radius 1 is 0.436 bits per heavy atom. The van der Waals surface area contributed by atoms with Crippen LogP contribution in [0.3, 0.4) is 0 Å². The summed E-state index contributed by atoms with van der Waals surface area (Å²) in [5, 5.41) is 3.31. The molecule has 39 heavy (non-hydrogen) atoms. The molecule has 0 saturated heterocycles. The smallest absolute Gasteiger partial charge is 0.377 e. The van der Waals surface area contributed by atoms with Crippen molar-refractivity contribution in [2.75, 3.05) is 21.3 Å². The summed E-state index contributed by atoms with van der Waals surface area (Å²) >= 11 is 0. The van der Waals surface area contributed by atoms with Crippen LogP contribution in [0, 0.1) is 0 Å². The highest BCUT2D eigenvalue weighted by molar-refractivity contribution is 6.91. The van der Waals surface area contributed by atoms with E-state index in [1.807, 2.05) is 0 Å². The first-order valence-corrected chi connectivity index (χ1v) is 24.8. The van der Waals surface area contributed by atoms with Crippen LogP contribution >= 0.6 is 0 Å². The first-order chi connectivity index (χ1) is 18.7. The molecule has 1 aromatic rings. The molecule has 0 aromatic heterocycles. The van der Waals surface area contributed by atoms with Crippen LogP contribution in [-0.4, -0.2) is 46.3 Å². The number of hydrogen-bond donors (Lipinski definition) is 0. The maximum Gasteiger partial charge on any atom is 0.500 e. The van der Waals surface area contributed by atoms with E-state index >= 15 is 0 Å². The van der Waals surface area contributed by atoms with Crippen LogP contribution < -0.4 is 10.4 Å². The molecule has 0 amide bonds. The van der Waals surface area contributed by atoms with Crippen LogP contribution in [0.2, 0.25) is 44.3 Å². The summed E-state index contributed by atoms with van der Waals surface area (Å²) in [5.41, 5.74) is 0. The minimum Gasteiger partial charge on any atom is -0.377 e. The van der Waals surface area contributed by atoms with E-state index in [0.717, 1.165) is 12.5 Å². The zero-order valence-electron chi connectivity index (χ0n) is 27.5. The van der Waals surface area contributed by atoms with Crippen molar-refractivity contribution in [2.24, 2.45) is 0 Å². The Morgan fingerprint density at radius 2 is 0.718 bits per heavy atom. The highest BCUT2D eigenvalue weighted by Gasteiger charge is 2.36. The van der Waals surface area contributed by atoms with Gasteiger partial charge in [0.15, 0.2) is 0 Å². The van der Waals surface area contributed by atoms with Gasteiger partial charge in [-0.15, -0.1) is 0 Å². The summed E-state index contributed by atoms with van der Waals surface area (Å²) in [6.07, 6.45) is 22.0. The summed E-state index contributed by atoms with van der Waals surface area (Å²) in [4.78, 5) is 0. The number of rotatable bonds is 25. The highest BCUT2D eigenvalue weighted by atomic mass is 28.4. The molecule has 228 valence electrons. The van der Waals surface area contributed by atoms with Crippen LogP contribution in [0.4, 0.5) is 0 Å². The average Bonchev–Trinajstić information content (AvgIpc) is 2.93. The summed E-state index contributed by atoms with van der Waals surface area (Å²) in [6, 6.07) is 13.8. The standard InChI is InChI=1S/C33H66O3Si3/c1-9-10-11-12-13-14-15-16-19-22-29-37(5,6)32-25-27-33(28-26-32)38(7,8)30-23-20-17-18-21-24-31-39(34-2,35-3)36-4/h25-28H,9-24,29-31H2,1-8H3. The Morgan fingerprint density at radius 3 is 1.03 bits per heavy atom. The predicted molar refractivity (Wildman–Crippen MR) is 181 cm³/mol. The third-order valence-electron chi connectivity index (χ3n) is 9.07. The van der Waals surface area contributed by atoms with Crippen molar-refractivity contribution in [3.63, 3.8) is 0 Å². The van der Waals surface area contributed by atoms with Gasteiger partial charge in [0.2, 0.25) is 0 Å². The molecule has 0 N–H and O–H groups in total. The summed E-state index contributed by atoms with van der Waals surface area (Å²) in [7, 11) is 0.0608. The van der Waals surface area contributed by atoms with Crippen LogP contribution in [0.25, 0.3) is 0 Å². The minimum absolute atomic E-state index is 0.922. The molecular formula is C33H66O3Si3. The maximum atomic E-state index is 5.53. The second kappa shape index (κ2) is 20.6. The second-order valence-electron chi connectivity index (χ2n) is 13.2. The van der Waals surface area contributed by atoms with E-state index in [-0.39, 0.29) is 0 Å². The van der Waals surface area contributed by atoms with Gasteiger partial charge in [0.1, 0.15) is 0 Å². The van der Waals surface area contributed by atoms with Crippen molar-refractivity contribution < 1.29 is 13.3 Å². The van der Waals surface area contributed by atoms with Gasteiger partial charge in [-0.05, 0) is 6.42 Å². The molecule has 1 rings (SSSR count). The lowest BCUT2D eigenvalue weighted by Gasteiger charge is -2.26. The van der Waals surface area contributed by atoms with Crippen molar-refractivity contribution in [2.45, 2.75) is 154 Å². The SMILES string of the molecule is CCCCCCCCCCCC[Si](C)(C)c1ccc([Si](C)(C)CCCCCCCC[Si](OC)(OC)OC)cc1. The molecule has 0 saturated carbocycles. The number of unbranched alkanes of at least 4 members (excludes halogenated alkanes) is 14. The third kappa shape index (κ3) is 15.0. The number of hydrogen-bond acceptors (Lipinski definition) is 3. The first-order valence-electron chi connectivity index (χ1n) is 16.4. The minimum atomic E-state index is -2.38. The van der Waals surface area contributed by atoms with Gasteiger partial charge in [-0.3, -0.25) is 0 Å². The molecule has 0 aliphatic rings. The monoisotopic (exact) mass is 594 g/mol. The Labute approximate surface area is 247 Å². The van der Waals surface area contributed by atoms with E-state index in [4.69, 9.17) is 13.3 Å². The third-order valence-corrected chi connectivity index (χ3v) is 18.9. The first kappa shape index (κ1) is 36.8. The molecule has 6 heteroatoms. The number of benzene rings is 1. The van der Waals surface area contributed by atoms with E-state index in [1.165, 1.54) is 108 Å². The Bertz CT molecular complexity index is 709. The normalized spacial score (nSPS) is 12.8. The maximum absolute atomic E-state index is 5.53. The van der Waals surface area contributed by atoms with Crippen molar-refractivity contribution in [3.05, 3.63) is 24.3 Å². The van der Waals surface area contributed by atoms with E-state index in [0.29, 0.717) is 0 Å². The lowest BCUT2D eigenvalue weighted by molar-refractivity contribution is 0.122. The van der Waals surface area contributed by atoms with Gasteiger partial charge >= 0.3 is 8.80 Å². The van der Waals surface area contributed by atoms with Crippen LogP contribution in [0.5, 0.6) is 0 Å². The second-order valence-corrected chi connectivity index (χ2v) is 26.0. The van der Waals surface area contributed by atoms with E-state index in [2.05, 4.69) is 57.4 Å². The molecule has 0 aliphatic heterocycles. The highest BCUT2D eigenvalue weighted by Crippen LogP contribution is 2.21. The molecule has 3 nitrogen and oxygen atoms in total. The Balaban J connectivity index is 2.28. The molecule has 0 bridgehead atoms. The molecule has 0 aliphatic carbocycles. The van der Waals surface area contributed by atoms with Crippen LogP contribution in [-0.2, 0) is 13.3 Å². The summed E-state index contributed by atoms with van der Waals surface area (Å²) in [6.45, 7) is 12.6. The average molecular weight is 595 g/mol. The lowest BCUT2D eigenvalue weighted by Crippen LogP contribution is -2.45. The zero-order valence-corrected chi connectivity index (χ0v) is 30.5. The fourth-order valence-corrected chi connectivity index (χ4v) is 12.7. The molecule has 0 spiro atoms. The summed E-state index contributed by atoms with van der Waals surface area (Å²) < 4.78 is 16.6. The lowest BCUT2D eigenvalue weighted by atomic mass is 10.1. The van der Waals surface area contributed by atoms with Crippen molar-refractivity contribution in [3.8, 4) is 0 Å². The zero-order chi connectivity index (χ0) is 29.0. The van der Waals surface area contributed by atoms with Gasteiger partial charge in [-0.2, -0.15) is 0 Å².